The third kappa shape index (κ3) is 4.74. The van der Waals surface area contributed by atoms with Crippen molar-refractivity contribution in [2.45, 2.75) is 32.5 Å². The zero-order valence-corrected chi connectivity index (χ0v) is 18.2. The quantitative estimate of drug-likeness (QED) is 0.699. The molecule has 3 nitrogen and oxygen atoms in total. The van der Waals surface area contributed by atoms with Crippen LogP contribution in [0.3, 0.4) is 0 Å². The van der Waals surface area contributed by atoms with Gasteiger partial charge < -0.3 is 14.6 Å². The van der Waals surface area contributed by atoms with E-state index < -0.39 is 23.8 Å². The second-order valence-corrected chi connectivity index (χ2v) is 6.92. The summed E-state index contributed by atoms with van der Waals surface area (Å²) in [5, 5.41) is 11.4. The van der Waals surface area contributed by atoms with Crippen LogP contribution in [0.15, 0.2) is 35.9 Å². The summed E-state index contributed by atoms with van der Waals surface area (Å²) in [6.45, 7) is 3.91. The van der Waals surface area contributed by atoms with Gasteiger partial charge in [-0.05, 0) is 55.2 Å². The predicted octanol–water partition coefficient (Wildman–Crippen LogP) is 1.01. The second-order valence-electron chi connectivity index (χ2n) is 6.51. The maximum atomic E-state index is 13.2. The van der Waals surface area contributed by atoms with Gasteiger partial charge in [0.25, 0.3) is 0 Å². The van der Waals surface area contributed by atoms with Crippen molar-refractivity contribution < 1.29 is 57.4 Å². The van der Waals surface area contributed by atoms with E-state index in [1.54, 1.807) is 0 Å². The average Bonchev–Trinajstić information content (AvgIpc) is 2.55. The summed E-state index contributed by atoms with van der Waals surface area (Å²) in [4.78, 5) is 11.1. The van der Waals surface area contributed by atoms with Gasteiger partial charge in [0.2, 0.25) is 6.10 Å². The fraction of sp³-hybridized carbons (Fsp3) is 0.250. The minimum absolute atomic E-state index is 0. The number of alkyl halides is 3. The van der Waals surface area contributed by atoms with Gasteiger partial charge >= 0.3 is 35.7 Å². The van der Waals surface area contributed by atoms with Gasteiger partial charge in [0.05, 0.1) is 5.97 Å². The molecule has 0 amide bonds. The van der Waals surface area contributed by atoms with Crippen LogP contribution in [-0.2, 0) is 11.2 Å². The number of ether oxygens (including phenoxy) is 1. The third-order valence-electron chi connectivity index (χ3n) is 4.43. The van der Waals surface area contributed by atoms with E-state index in [1.165, 1.54) is 12.1 Å². The molecule has 1 aliphatic rings. The minimum Gasteiger partial charge on any atom is -0.545 e. The van der Waals surface area contributed by atoms with E-state index in [0.29, 0.717) is 17.0 Å². The van der Waals surface area contributed by atoms with Crippen molar-refractivity contribution in [1.29, 1.82) is 0 Å². The minimum atomic E-state index is -4.88. The van der Waals surface area contributed by atoms with Gasteiger partial charge in [0, 0.05) is 16.2 Å². The molecule has 1 heterocycles. The van der Waals surface area contributed by atoms with Crippen molar-refractivity contribution in [3.8, 4) is 5.75 Å². The molecule has 142 valence electrons. The molecule has 3 rings (SSSR count). The molecule has 8 heteroatoms. The zero-order chi connectivity index (χ0) is 19.9. The molecule has 0 saturated heterocycles. The Hall–Kier alpha value is -1.47. The number of carboxylic acids is 1. The first-order valence-corrected chi connectivity index (χ1v) is 8.49. The smallest absolute Gasteiger partial charge is 0.545 e. The third-order valence-corrected chi connectivity index (χ3v) is 4.78. The van der Waals surface area contributed by atoms with E-state index in [-0.39, 0.29) is 40.9 Å². The van der Waals surface area contributed by atoms with Crippen molar-refractivity contribution in [1.82, 2.24) is 0 Å². The van der Waals surface area contributed by atoms with Crippen LogP contribution >= 0.6 is 11.6 Å². The molecule has 0 aliphatic carbocycles. The van der Waals surface area contributed by atoms with Crippen molar-refractivity contribution in [2.75, 3.05) is 0 Å². The summed E-state index contributed by atoms with van der Waals surface area (Å²) < 4.78 is 44.5. The number of fused-ring (bicyclic) bond motifs is 1. The molecule has 0 saturated carbocycles. The molecule has 1 aliphatic heterocycles. The summed E-state index contributed by atoms with van der Waals surface area (Å²) in [7, 11) is 0. The summed E-state index contributed by atoms with van der Waals surface area (Å²) in [5.41, 5.74) is 2.91. The van der Waals surface area contributed by atoms with Crippen molar-refractivity contribution >= 4 is 23.6 Å². The van der Waals surface area contributed by atoms with Crippen LogP contribution in [0.2, 0.25) is 5.02 Å². The monoisotopic (exact) mass is 418 g/mol. The first kappa shape index (κ1) is 22.8. The molecule has 0 aromatic heterocycles. The molecular weight excluding hydrogens is 404 g/mol. The largest absolute Gasteiger partial charge is 1.00 e. The Bertz CT molecular complexity index is 954. The van der Waals surface area contributed by atoms with Crippen LogP contribution < -0.4 is 39.4 Å². The number of carboxylic acid groups (broad SMARTS) is 1. The number of benzene rings is 2. The summed E-state index contributed by atoms with van der Waals surface area (Å²) >= 11 is 6.28. The summed E-state index contributed by atoms with van der Waals surface area (Å²) in [5.74, 6) is -2.00. The number of aryl methyl sites for hydroxylation is 2. The van der Waals surface area contributed by atoms with Gasteiger partial charge in [0.1, 0.15) is 5.75 Å². The number of halogens is 4. The maximum Gasteiger partial charge on any atom is 1.00 e. The number of hydrogen-bond donors (Lipinski definition) is 0. The molecule has 1 atom stereocenters. The van der Waals surface area contributed by atoms with Crippen LogP contribution in [0.1, 0.15) is 27.8 Å². The fourth-order valence-corrected chi connectivity index (χ4v) is 3.29. The number of carbonyl (C=O) groups excluding carboxylic acids is 1. The SMILES string of the molecule is Cc1ccc(Cc2cc3c(cc2Cl)C=C(C(=O)[O-])C(C(F)(F)F)O3)c(C)c1.[Na+]. The number of hydrogen-bond acceptors (Lipinski definition) is 3. The molecule has 1 unspecified atom stereocenters. The van der Waals surface area contributed by atoms with E-state index in [9.17, 15) is 23.1 Å². The summed E-state index contributed by atoms with van der Waals surface area (Å²) in [6.07, 6.45) is -6.14. The molecule has 0 bridgehead atoms. The number of rotatable bonds is 3. The van der Waals surface area contributed by atoms with E-state index in [2.05, 4.69) is 0 Å². The Morgan fingerprint density at radius 1 is 1.18 bits per heavy atom. The topological polar surface area (TPSA) is 49.4 Å². The molecule has 28 heavy (non-hydrogen) atoms. The Morgan fingerprint density at radius 2 is 1.86 bits per heavy atom. The Morgan fingerprint density at radius 3 is 2.43 bits per heavy atom. The predicted molar refractivity (Wildman–Crippen MR) is 93.6 cm³/mol. The van der Waals surface area contributed by atoms with E-state index in [4.69, 9.17) is 16.3 Å². The van der Waals surface area contributed by atoms with Crippen LogP contribution in [-0.4, -0.2) is 18.2 Å². The van der Waals surface area contributed by atoms with Crippen LogP contribution in [0, 0.1) is 13.8 Å². The molecular formula is C20H15ClF3NaO3. The molecule has 0 spiro atoms. The first-order valence-electron chi connectivity index (χ1n) is 8.11. The summed E-state index contributed by atoms with van der Waals surface area (Å²) in [6, 6.07) is 8.73. The van der Waals surface area contributed by atoms with Crippen LogP contribution in [0.4, 0.5) is 13.2 Å². The Balaban J connectivity index is 0.00000280. The van der Waals surface area contributed by atoms with Crippen LogP contribution in [0.25, 0.3) is 6.08 Å². The van der Waals surface area contributed by atoms with Gasteiger partial charge in [-0.25, -0.2) is 0 Å². The van der Waals surface area contributed by atoms with E-state index in [1.807, 2.05) is 32.0 Å². The van der Waals surface area contributed by atoms with Gasteiger partial charge in [-0.15, -0.1) is 0 Å². The maximum absolute atomic E-state index is 13.2. The Kier molecular flexibility index (Phi) is 6.92. The van der Waals surface area contributed by atoms with E-state index >= 15 is 0 Å². The first-order chi connectivity index (χ1) is 12.6. The van der Waals surface area contributed by atoms with Gasteiger partial charge in [0.15, 0.2) is 0 Å². The Labute approximate surface area is 187 Å². The van der Waals surface area contributed by atoms with Gasteiger partial charge in [-0.3, -0.25) is 0 Å². The second kappa shape index (κ2) is 8.49. The number of carbonyl (C=O) groups is 1. The van der Waals surface area contributed by atoms with Crippen molar-refractivity contribution in [3.05, 3.63) is 68.7 Å². The molecule has 0 N–H and O–H groups in total. The van der Waals surface area contributed by atoms with Crippen molar-refractivity contribution in [3.63, 3.8) is 0 Å². The zero-order valence-electron chi connectivity index (χ0n) is 15.5. The average molecular weight is 419 g/mol. The molecule has 0 fully saturated rings. The van der Waals surface area contributed by atoms with Crippen molar-refractivity contribution in [2.24, 2.45) is 0 Å². The van der Waals surface area contributed by atoms with Gasteiger partial charge in [-0.1, -0.05) is 35.4 Å². The normalized spacial score (nSPS) is 15.8. The molecule has 2 aromatic carbocycles. The molecule has 2 aromatic rings. The number of aliphatic carboxylic acids is 1. The van der Waals surface area contributed by atoms with E-state index in [0.717, 1.165) is 22.8 Å². The van der Waals surface area contributed by atoms with Crippen LogP contribution in [0.5, 0.6) is 5.75 Å². The van der Waals surface area contributed by atoms with Gasteiger partial charge in [-0.2, -0.15) is 13.2 Å². The fourth-order valence-electron chi connectivity index (χ4n) is 3.05. The molecule has 0 radical (unpaired) electrons. The standard InChI is InChI=1S/C20H16ClF3O3.Na/c1-10-3-4-12(11(2)5-10)6-13-9-17-14(8-16(13)21)7-15(19(25)26)18(27-17)20(22,23)24;/h3-5,7-9,18H,6H2,1-2H3,(H,25,26);/q;+1/p-1.